The Morgan fingerprint density at radius 1 is 1.80 bits per heavy atom. The number of hydrogen-bond acceptors (Lipinski definition) is 3. The van der Waals surface area contributed by atoms with Crippen molar-refractivity contribution in [3.05, 3.63) is 22.2 Å². The predicted molar refractivity (Wildman–Crippen MR) is 37.8 cm³/mol. The normalized spacial score (nSPS) is 8.70. The number of nitrogens with zero attached hydrogens (tertiary/aromatic N) is 2. The van der Waals surface area contributed by atoms with E-state index in [9.17, 15) is 4.79 Å². The Bertz CT molecular complexity index is 337. The van der Waals surface area contributed by atoms with Crippen molar-refractivity contribution in [2.45, 2.75) is 0 Å². The average molecular weight is 149 g/mol. The molecule has 0 saturated carbocycles. The molecule has 0 radical (unpaired) electrons. The van der Waals surface area contributed by atoms with Crippen LogP contribution in [0.3, 0.4) is 0 Å². The number of aromatic amines is 1. The van der Waals surface area contributed by atoms with Crippen LogP contribution in [0.15, 0.2) is 11.1 Å². The van der Waals surface area contributed by atoms with Crippen molar-refractivity contribution in [3.8, 4) is 6.07 Å². The molecule has 0 amide bonds. The van der Waals surface area contributed by atoms with Gasteiger partial charge in [0, 0.05) is 0 Å². The topological polar surface area (TPSA) is 69.5 Å². The molecule has 1 aromatic rings. The van der Waals surface area contributed by atoms with E-state index in [2.05, 4.69) is 9.97 Å². The van der Waals surface area contributed by atoms with Crippen LogP contribution in [0.1, 0.15) is 5.56 Å². The van der Waals surface area contributed by atoms with Crippen LogP contribution in [0.2, 0.25) is 0 Å². The summed E-state index contributed by atoms with van der Waals surface area (Å²) in [5.74, 6) is 0. The van der Waals surface area contributed by atoms with Gasteiger partial charge in [-0.2, -0.15) is 5.26 Å². The Labute approximate surface area is 65.0 Å². The van der Waals surface area contributed by atoms with Gasteiger partial charge in [-0.1, -0.05) is 0 Å². The fourth-order valence-corrected chi connectivity index (χ4v) is 1.09. The molecule has 1 aromatic heterocycles. The van der Waals surface area contributed by atoms with Crippen molar-refractivity contribution >= 4 is 20.8 Å². The SMILES string of the molecule is N#Cc1[c]([AlH2])nc[nH]c1=O. The molecule has 0 bridgehead atoms. The van der Waals surface area contributed by atoms with E-state index in [1.807, 2.05) is 0 Å². The zero-order valence-corrected chi connectivity index (χ0v) is 7.38. The van der Waals surface area contributed by atoms with Crippen LogP contribution in [0.5, 0.6) is 0 Å². The van der Waals surface area contributed by atoms with Gasteiger partial charge in [0.2, 0.25) is 0 Å². The molecule has 0 aliphatic heterocycles. The summed E-state index contributed by atoms with van der Waals surface area (Å²) in [4.78, 5) is 16.9. The number of aromatic nitrogens is 2. The van der Waals surface area contributed by atoms with Gasteiger partial charge in [-0.15, -0.1) is 0 Å². The molecule has 0 unspecified atom stereocenters. The van der Waals surface area contributed by atoms with E-state index in [1.165, 1.54) is 6.33 Å². The standard InChI is InChI=1S/C5H2N3O.Al.2H/c6-1-4-2-7-3-8-5(4)9;;;/h3H,(H,7,8,9);;;. The molecule has 0 atom stereocenters. The van der Waals surface area contributed by atoms with E-state index in [0.717, 1.165) is 0 Å². The highest BCUT2D eigenvalue weighted by Gasteiger charge is 1.99. The summed E-state index contributed by atoms with van der Waals surface area (Å²) in [5.41, 5.74) is -0.198. The summed E-state index contributed by atoms with van der Waals surface area (Å²) in [6, 6.07) is 1.79. The quantitative estimate of drug-likeness (QED) is 0.429. The van der Waals surface area contributed by atoms with Crippen molar-refractivity contribution in [2.75, 3.05) is 0 Å². The summed E-state index contributed by atoms with van der Waals surface area (Å²) < 4.78 is 0.603. The molecule has 5 heteroatoms. The molecule has 48 valence electrons. The lowest BCUT2D eigenvalue weighted by atomic mass is 10.4. The summed E-state index contributed by atoms with van der Waals surface area (Å²) in [5, 5.41) is 8.41. The highest BCUT2D eigenvalue weighted by Crippen LogP contribution is 1.73. The first-order valence-electron chi connectivity index (χ1n) is 2.70. The number of hydrogen-bond donors (Lipinski definition) is 1. The van der Waals surface area contributed by atoms with Crippen LogP contribution in [0, 0.1) is 11.3 Å². The van der Waals surface area contributed by atoms with Crippen LogP contribution in [-0.2, 0) is 0 Å². The number of nitrogens with one attached hydrogen (secondary N) is 1. The zero-order chi connectivity index (χ0) is 7.56. The Balaban J connectivity index is 3.50. The Hall–Kier alpha value is -1.10. The third-order valence-corrected chi connectivity index (χ3v) is 1.91. The molecule has 0 fully saturated rings. The minimum atomic E-state index is -0.345. The first-order valence-corrected chi connectivity index (χ1v) is 3.70. The van der Waals surface area contributed by atoms with Gasteiger partial charge in [-0.05, 0) is 4.56 Å². The van der Waals surface area contributed by atoms with Crippen LogP contribution in [0.4, 0.5) is 0 Å². The van der Waals surface area contributed by atoms with Crippen LogP contribution in [-0.4, -0.2) is 26.3 Å². The smallest absolute Gasteiger partial charge is 0.292 e. The lowest BCUT2D eigenvalue weighted by Gasteiger charge is -1.90. The molecule has 0 saturated heterocycles. The predicted octanol–water partition coefficient (Wildman–Crippen LogP) is -2.10. The lowest BCUT2D eigenvalue weighted by molar-refractivity contribution is 1.13. The molecular formula is C5H4AlN3O. The van der Waals surface area contributed by atoms with E-state index >= 15 is 0 Å². The minimum absolute atomic E-state index is 0.147. The Kier molecular flexibility index (Phi) is 1.86. The molecule has 0 aliphatic rings. The highest BCUT2D eigenvalue weighted by atomic mass is 27.0. The number of H-pyrrole nitrogens is 1. The van der Waals surface area contributed by atoms with Crippen molar-refractivity contribution in [3.63, 3.8) is 0 Å². The van der Waals surface area contributed by atoms with Crippen LogP contribution >= 0.6 is 0 Å². The van der Waals surface area contributed by atoms with E-state index in [0.29, 0.717) is 20.8 Å². The zero-order valence-electron chi connectivity index (χ0n) is 5.38. The largest absolute Gasteiger partial charge is 0.312 e. The summed E-state index contributed by atoms with van der Waals surface area (Å²) in [7, 11) is 0. The van der Waals surface area contributed by atoms with Crippen LogP contribution in [0.25, 0.3) is 0 Å². The molecular weight excluding hydrogens is 145 g/mol. The van der Waals surface area contributed by atoms with Gasteiger partial charge in [0.1, 0.15) is 11.6 Å². The number of rotatable bonds is 0. The monoisotopic (exact) mass is 149 g/mol. The molecule has 0 spiro atoms. The van der Waals surface area contributed by atoms with Crippen molar-refractivity contribution in [2.24, 2.45) is 0 Å². The summed E-state index contributed by atoms with van der Waals surface area (Å²) >= 11 is 0.630. The van der Waals surface area contributed by atoms with Gasteiger partial charge in [0.25, 0.3) is 21.8 Å². The maximum Gasteiger partial charge on any atom is 0.292 e. The molecule has 10 heavy (non-hydrogen) atoms. The molecule has 0 aromatic carbocycles. The van der Waals surface area contributed by atoms with Gasteiger partial charge in [0.05, 0.1) is 6.33 Å². The lowest BCUT2D eigenvalue weighted by Crippen LogP contribution is -2.24. The first-order chi connectivity index (χ1) is 4.75. The van der Waals surface area contributed by atoms with E-state index in [-0.39, 0.29) is 11.1 Å². The van der Waals surface area contributed by atoms with Gasteiger partial charge >= 0.3 is 0 Å². The summed E-state index contributed by atoms with van der Waals surface area (Å²) in [6.07, 6.45) is 1.31. The molecule has 1 N–H and O–H groups in total. The van der Waals surface area contributed by atoms with Crippen LogP contribution < -0.4 is 10.1 Å². The van der Waals surface area contributed by atoms with Crippen molar-refractivity contribution < 1.29 is 0 Å². The number of nitriles is 1. The van der Waals surface area contributed by atoms with Crippen molar-refractivity contribution in [1.82, 2.24) is 9.97 Å². The van der Waals surface area contributed by atoms with Gasteiger partial charge in [-0.3, -0.25) is 9.78 Å². The van der Waals surface area contributed by atoms with E-state index < -0.39 is 0 Å². The minimum Gasteiger partial charge on any atom is -0.312 e. The third kappa shape index (κ3) is 1.08. The first kappa shape index (κ1) is 7.01. The van der Waals surface area contributed by atoms with Gasteiger partial charge in [-0.25, -0.2) is 0 Å². The highest BCUT2D eigenvalue weighted by molar-refractivity contribution is 6.31. The molecule has 1 heterocycles. The van der Waals surface area contributed by atoms with Gasteiger partial charge in [0.15, 0.2) is 0 Å². The fourth-order valence-electron chi connectivity index (χ4n) is 0.620. The van der Waals surface area contributed by atoms with E-state index in [4.69, 9.17) is 5.26 Å². The third-order valence-electron chi connectivity index (χ3n) is 1.15. The average Bonchev–Trinajstić information content (AvgIpc) is 1.88. The van der Waals surface area contributed by atoms with E-state index in [1.54, 1.807) is 6.07 Å². The second kappa shape index (κ2) is 2.66. The maximum atomic E-state index is 10.8. The second-order valence-corrected chi connectivity index (χ2v) is 2.75. The molecule has 0 aliphatic carbocycles. The molecule has 4 nitrogen and oxygen atoms in total. The second-order valence-electron chi connectivity index (χ2n) is 1.80. The Morgan fingerprint density at radius 2 is 2.50 bits per heavy atom. The summed E-state index contributed by atoms with van der Waals surface area (Å²) in [6.45, 7) is 0. The van der Waals surface area contributed by atoms with Crippen molar-refractivity contribution in [1.29, 1.82) is 5.26 Å². The van der Waals surface area contributed by atoms with Gasteiger partial charge < -0.3 is 4.98 Å². The maximum absolute atomic E-state index is 10.8. The fraction of sp³-hybridized carbons (Fsp3) is 0. The Morgan fingerprint density at radius 3 is 2.90 bits per heavy atom. The molecule has 1 rings (SSSR count).